The smallest absolute Gasteiger partial charge is 0.130 e. The second-order valence-corrected chi connectivity index (χ2v) is 5.04. The third-order valence-corrected chi connectivity index (χ3v) is 3.17. The molecule has 17 heavy (non-hydrogen) atoms. The summed E-state index contributed by atoms with van der Waals surface area (Å²) < 4.78 is 5.34. The summed E-state index contributed by atoms with van der Waals surface area (Å²) in [5.41, 5.74) is 2.07. The zero-order valence-electron chi connectivity index (χ0n) is 10.8. The maximum Gasteiger partial charge on any atom is 0.130 e. The van der Waals surface area contributed by atoms with Gasteiger partial charge in [-0.15, -0.1) is 0 Å². The summed E-state index contributed by atoms with van der Waals surface area (Å²) >= 11 is 6.11. The summed E-state index contributed by atoms with van der Waals surface area (Å²) in [4.78, 5) is 11.1. The second-order valence-electron chi connectivity index (χ2n) is 4.63. The Kier molecular flexibility index (Phi) is 5.01. The van der Waals surface area contributed by atoms with Crippen molar-refractivity contribution in [1.29, 1.82) is 0 Å². The monoisotopic (exact) mass is 254 g/mol. The Labute approximate surface area is 108 Å². The third kappa shape index (κ3) is 4.04. The molecule has 0 aliphatic heterocycles. The first-order valence-corrected chi connectivity index (χ1v) is 6.14. The molecule has 1 rings (SSSR count). The van der Waals surface area contributed by atoms with Crippen LogP contribution < -0.4 is 4.74 Å². The Morgan fingerprint density at radius 1 is 1.47 bits per heavy atom. The van der Waals surface area contributed by atoms with E-state index in [2.05, 4.69) is 6.92 Å². The number of halogens is 1. The number of hydrogen-bond acceptors (Lipinski definition) is 2. The van der Waals surface area contributed by atoms with E-state index in [9.17, 15) is 4.79 Å². The summed E-state index contributed by atoms with van der Waals surface area (Å²) in [5, 5.41) is 0.746. The van der Waals surface area contributed by atoms with Crippen LogP contribution in [0.5, 0.6) is 5.75 Å². The molecule has 0 bridgehead atoms. The molecule has 0 spiro atoms. The van der Waals surface area contributed by atoms with Gasteiger partial charge in [-0.2, -0.15) is 0 Å². The van der Waals surface area contributed by atoms with E-state index in [1.54, 1.807) is 14.0 Å². The topological polar surface area (TPSA) is 26.3 Å². The maximum atomic E-state index is 11.1. The quantitative estimate of drug-likeness (QED) is 0.799. The molecule has 0 aromatic heterocycles. The van der Waals surface area contributed by atoms with E-state index in [1.165, 1.54) is 0 Å². The average Bonchev–Trinajstić information content (AvgIpc) is 2.21. The molecule has 0 heterocycles. The van der Waals surface area contributed by atoms with Crippen molar-refractivity contribution in [2.75, 3.05) is 7.11 Å². The van der Waals surface area contributed by atoms with Crippen LogP contribution in [0.1, 0.15) is 31.4 Å². The molecule has 0 N–H and O–H groups in total. The number of benzene rings is 1. The van der Waals surface area contributed by atoms with Crippen molar-refractivity contribution >= 4 is 17.4 Å². The average molecular weight is 255 g/mol. The number of methoxy groups -OCH3 is 1. The number of aryl methyl sites for hydroxylation is 1. The maximum absolute atomic E-state index is 11.1. The van der Waals surface area contributed by atoms with Crippen LogP contribution in [0.25, 0.3) is 0 Å². The van der Waals surface area contributed by atoms with Crippen LogP contribution in [0, 0.1) is 12.8 Å². The molecule has 1 unspecified atom stereocenters. The van der Waals surface area contributed by atoms with Crippen LogP contribution in [0.3, 0.4) is 0 Å². The lowest BCUT2D eigenvalue weighted by Crippen LogP contribution is -2.06. The van der Waals surface area contributed by atoms with Crippen LogP contribution in [-0.2, 0) is 11.2 Å². The van der Waals surface area contributed by atoms with Crippen LogP contribution in [0.4, 0.5) is 0 Å². The van der Waals surface area contributed by atoms with Crippen molar-refractivity contribution in [2.24, 2.45) is 5.92 Å². The molecular formula is C14H19ClO2. The van der Waals surface area contributed by atoms with Gasteiger partial charge in [0.25, 0.3) is 0 Å². The highest BCUT2D eigenvalue weighted by Gasteiger charge is 2.12. The van der Waals surface area contributed by atoms with Crippen molar-refractivity contribution in [2.45, 2.75) is 33.6 Å². The first kappa shape index (κ1) is 14.0. The zero-order chi connectivity index (χ0) is 13.0. The van der Waals surface area contributed by atoms with Gasteiger partial charge in [0.1, 0.15) is 11.5 Å². The predicted molar refractivity (Wildman–Crippen MR) is 70.9 cm³/mol. The van der Waals surface area contributed by atoms with E-state index >= 15 is 0 Å². The van der Waals surface area contributed by atoms with Crippen LogP contribution >= 0.6 is 11.6 Å². The highest BCUT2D eigenvalue weighted by molar-refractivity contribution is 6.31. The summed E-state index contributed by atoms with van der Waals surface area (Å²) in [7, 11) is 1.65. The predicted octanol–water partition coefficient (Wildman–Crippen LogP) is 3.81. The third-order valence-electron chi connectivity index (χ3n) is 2.77. The fourth-order valence-corrected chi connectivity index (χ4v) is 2.17. The Hall–Kier alpha value is -1.02. The van der Waals surface area contributed by atoms with E-state index in [4.69, 9.17) is 16.3 Å². The molecule has 0 fully saturated rings. The number of Topliss-reactive ketones (excluding diaryl/α,β-unsaturated/α-hetero) is 1. The molecular weight excluding hydrogens is 236 g/mol. The molecule has 0 radical (unpaired) electrons. The van der Waals surface area contributed by atoms with E-state index in [-0.39, 0.29) is 5.78 Å². The molecule has 94 valence electrons. The minimum Gasteiger partial charge on any atom is -0.496 e. The highest BCUT2D eigenvalue weighted by atomic mass is 35.5. The molecule has 0 aliphatic carbocycles. The molecule has 0 saturated heterocycles. The lowest BCUT2D eigenvalue weighted by Gasteiger charge is -2.14. The summed E-state index contributed by atoms with van der Waals surface area (Å²) in [6.07, 6.45) is 1.40. The number of rotatable bonds is 5. The van der Waals surface area contributed by atoms with Crippen molar-refractivity contribution < 1.29 is 9.53 Å². The Bertz CT molecular complexity index is 413. The fraction of sp³-hybridized carbons (Fsp3) is 0.500. The Balaban J connectivity index is 2.89. The SMILES string of the molecule is COc1cc(C)c(Cl)cc1CC(C)CC(C)=O. The lowest BCUT2D eigenvalue weighted by atomic mass is 9.95. The number of hydrogen-bond donors (Lipinski definition) is 0. The van der Waals surface area contributed by atoms with Gasteiger partial charge in [-0.05, 0) is 49.4 Å². The van der Waals surface area contributed by atoms with Crippen LogP contribution in [0.2, 0.25) is 5.02 Å². The number of carbonyl (C=O) groups is 1. The van der Waals surface area contributed by atoms with Gasteiger partial charge in [0, 0.05) is 11.4 Å². The second kappa shape index (κ2) is 6.06. The first-order chi connectivity index (χ1) is 7.93. The van der Waals surface area contributed by atoms with E-state index in [0.29, 0.717) is 12.3 Å². The van der Waals surface area contributed by atoms with E-state index < -0.39 is 0 Å². The van der Waals surface area contributed by atoms with Gasteiger partial charge in [-0.3, -0.25) is 0 Å². The van der Waals surface area contributed by atoms with Gasteiger partial charge in [0.05, 0.1) is 7.11 Å². The molecule has 1 atom stereocenters. The summed E-state index contributed by atoms with van der Waals surface area (Å²) in [6, 6.07) is 3.88. The Morgan fingerprint density at radius 3 is 2.65 bits per heavy atom. The van der Waals surface area contributed by atoms with Crippen molar-refractivity contribution in [3.63, 3.8) is 0 Å². The van der Waals surface area contributed by atoms with Crippen LogP contribution in [-0.4, -0.2) is 12.9 Å². The summed E-state index contributed by atoms with van der Waals surface area (Å²) in [5.74, 6) is 1.37. The molecule has 1 aromatic carbocycles. The number of carbonyl (C=O) groups excluding carboxylic acids is 1. The van der Waals surface area contributed by atoms with Gasteiger partial charge in [-0.1, -0.05) is 18.5 Å². The van der Waals surface area contributed by atoms with Gasteiger partial charge in [0.2, 0.25) is 0 Å². The highest BCUT2D eigenvalue weighted by Crippen LogP contribution is 2.29. The zero-order valence-corrected chi connectivity index (χ0v) is 11.6. The van der Waals surface area contributed by atoms with Gasteiger partial charge >= 0.3 is 0 Å². The lowest BCUT2D eigenvalue weighted by molar-refractivity contribution is -0.117. The Morgan fingerprint density at radius 2 is 2.12 bits per heavy atom. The largest absolute Gasteiger partial charge is 0.496 e. The molecule has 0 amide bonds. The molecule has 0 saturated carbocycles. The number of ketones is 1. The summed E-state index contributed by atoms with van der Waals surface area (Å²) in [6.45, 7) is 5.64. The minimum absolute atomic E-state index is 0.217. The first-order valence-electron chi connectivity index (χ1n) is 5.76. The van der Waals surface area contributed by atoms with Gasteiger partial charge in [0.15, 0.2) is 0 Å². The molecule has 1 aromatic rings. The van der Waals surface area contributed by atoms with E-state index in [0.717, 1.165) is 28.3 Å². The normalized spacial score (nSPS) is 12.3. The molecule has 3 heteroatoms. The van der Waals surface area contributed by atoms with Crippen LogP contribution in [0.15, 0.2) is 12.1 Å². The standard InChI is InChI=1S/C14H19ClO2/c1-9(5-11(3)16)6-12-8-13(15)10(2)7-14(12)17-4/h7-9H,5-6H2,1-4H3. The van der Waals surface area contributed by atoms with E-state index in [1.807, 2.05) is 19.1 Å². The minimum atomic E-state index is 0.217. The number of ether oxygens (including phenoxy) is 1. The molecule has 2 nitrogen and oxygen atoms in total. The van der Waals surface area contributed by atoms with Crippen molar-refractivity contribution in [1.82, 2.24) is 0 Å². The van der Waals surface area contributed by atoms with Gasteiger partial charge < -0.3 is 9.53 Å². The molecule has 0 aliphatic rings. The van der Waals surface area contributed by atoms with Crippen molar-refractivity contribution in [3.05, 3.63) is 28.3 Å². The van der Waals surface area contributed by atoms with Gasteiger partial charge in [-0.25, -0.2) is 0 Å². The van der Waals surface area contributed by atoms with Crippen molar-refractivity contribution in [3.8, 4) is 5.75 Å². The fourth-order valence-electron chi connectivity index (χ4n) is 1.98.